The van der Waals surface area contributed by atoms with Gasteiger partial charge in [-0.2, -0.15) is 4.37 Å². The zero-order valence-electron chi connectivity index (χ0n) is 7.47. The van der Waals surface area contributed by atoms with Gasteiger partial charge in [-0.1, -0.05) is 0 Å². The van der Waals surface area contributed by atoms with E-state index in [1.54, 1.807) is 0 Å². The first kappa shape index (κ1) is 8.20. The number of nitrogens with zero attached hydrogens (tertiary/aromatic N) is 1. The fourth-order valence-electron chi connectivity index (χ4n) is 1.28. The number of hydrogen-bond donors (Lipinski definition) is 0. The van der Waals surface area contributed by atoms with E-state index in [4.69, 9.17) is 9.47 Å². The molecule has 3 rings (SSSR count). The Hall–Kier alpha value is -1.13. The lowest BCUT2D eigenvalue weighted by Gasteiger charge is -2.02. The van der Waals surface area contributed by atoms with Crippen molar-refractivity contribution in [3.8, 4) is 5.75 Å². The van der Waals surface area contributed by atoms with Crippen LogP contribution in [0.15, 0.2) is 24.4 Å². The van der Waals surface area contributed by atoms with E-state index in [2.05, 4.69) is 4.37 Å². The topological polar surface area (TPSA) is 34.6 Å². The van der Waals surface area contributed by atoms with Gasteiger partial charge in [-0.25, -0.2) is 0 Å². The predicted octanol–water partition coefficient (Wildman–Crippen LogP) is 2.07. The Morgan fingerprint density at radius 2 is 2.50 bits per heavy atom. The highest BCUT2D eigenvalue weighted by atomic mass is 32.1. The van der Waals surface area contributed by atoms with E-state index in [1.807, 2.05) is 24.4 Å². The quantitative estimate of drug-likeness (QED) is 0.723. The Kier molecular flexibility index (Phi) is 1.89. The van der Waals surface area contributed by atoms with Crippen LogP contribution in [0.25, 0.3) is 10.1 Å². The Balaban J connectivity index is 1.81. The number of hydrogen-bond acceptors (Lipinski definition) is 4. The number of ether oxygens (including phenoxy) is 2. The first-order valence-electron chi connectivity index (χ1n) is 4.51. The molecule has 1 aliphatic rings. The lowest BCUT2D eigenvalue weighted by molar-refractivity contribution is 0.263. The minimum Gasteiger partial charge on any atom is -0.491 e. The van der Waals surface area contributed by atoms with Gasteiger partial charge in [-0.15, -0.1) is 0 Å². The van der Waals surface area contributed by atoms with Crippen LogP contribution in [-0.2, 0) is 4.74 Å². The fraction of sp³-hybridized carbons (Fsp3) is 0.300. The lowest BCUT2D eigenvalue weighted by atomic mass is 10.3. The van der Waals surface area contributed by atoms with Gasteiger partial charge in [0.05, 0.1) is 11.3 Å². The maximum atomic E-state index is 5.56. The highest BCUT2D eigenvalue weighted by molar-refractivity contribution is 7.13. The summed E-state index contributed by atoms with van der Waals surface area (Å²) in [5.74, 6) is 0.900. The van der Waals surface area contributed by atoms with Crippen molar-refractivity contribution in [2.45, 2.75) is 6.10 Å². The van der Waals surface area contributed by atoms with E-state index in [9.17, 15) is 0 Å². The average Bonchev–Trinajstić information content (AvgIpc) is 2.92. The van der Waals surface area contributed by atoms with Gasteiger partial charge >= 0.3 is 0 Å². The number of epoxide rings is 1. The lowest BCUT2D eigenvalue weighted by Crippen LogP contribution is -2.03. The molecule has 14 heavy (non-hydrogen) atoms. The number of aromatic nitrogens is 1. The summed E-state index contributed by atoms with van der Waals surface area (Å²) < 4.78 is 15.9. The highest BCUT2D eigenvalue weighted by Gasteiger charge is 2.22. The van der Waals surface area contributed by atoms with Crippen molar-refractivity contribution in [3.63, 3.8) is 0 Å². The molecule has 1 aromatic carbocycles. The molecule has 0 saturated carbocycles. The monoisotopic (exact) mass is 207 g/mol. The Morgan fingerprint density at radius 3 is 3.36 bits per heavy atom. The van der Waals surface area contributed by atoms with Crippen molar-refractivity contribution in [1.82, 2.24) is 4.37 Å². The van der Waals surface area contributed by atoms with Crippen LogP contribution in [0.2, 0.25) is 0 Å². The largest absolute Gasteiger partial charge is 0.491 e. The van der Waals surface area contributed by atoms with Crippen LogP contribution in [-0.4, -0.2) is 23.7 Å². The van der Waals surface area contributed by atoms with Crippen molar-refractivity contribution >= 4 is 21.6 Å². The van der Waals surface area contributed by atoms with Gasteiger partial charge < -0.3 is 9.47 Å². The van der Waals surface area contributed by atoms with Crippen molar-refractivity contribution in [2.24, 2.45) is 0 Å². The molecule has 0 spiro atoms. The molecule has 0 radical (unpaired) electrons. The van der Waals surface area contributed by atoms with Crippen LogP contribution < -0.4 is 4.74 Å². The summed E-state index contributed by atoms with van der Waals surface area (Å²) in [5, 5.41) is 1.17. The molecule has 0 aliphatic carbocycles. The van der Waals surface area contributed by atoms with Gasteiger partial charge in [0.15, 0.2) is 0 Å². The first-order valence-corrected chi connectivity index (χ1v) is 5.28. The summed E-state index contributed by atoms with van der Waals surface area (Å²) in [4.78, 5) is 0. The second kappa shape index (κ2) is 3.22. The molecule has 72 valence electrons. The van der Waals surface area contributed by atoms with E-state index in [-0.39, 0.29) is 0 Å². The highest BCUT2D eigenvalue weighted by Crippen LogP contribution is 2.24. The minimum absolute atomic E-state index is 0.312. The zero-order valence-corrected chi connectivity index (χ0v) is 8.29. The molecule has 2 heterocycles. The van der Waals surface area contributed by atoms with Crippen molar-refractivity contribution in [2.75, 3.05) is 13.2 Å². The molecule has 1 unspecified atom stereocenters. The summed E-state index contributed by atoms with van der Waals surface area (Å²) in [6.45, 7) is 1.49. The molecule has 0 N–H and O–H groups in total. The zero-order chi connectivity index (χ0) is 9.38. The van der Waals surface area contributed by atoms with Gasteiger partial charge in [-0.05, 0) is 29.7 Å². The van der Waals surface area contributed by atoms with Gasteiger partial charge in [0.1, 0.15) is 18.5 Å². The third-order valence-electron chi connectivity index (χ3n) is 2.17. The Labute approximate surface area is 85.4 Å². The van der Waals surface area contributed by atoms with Crippen LogP contribution in [0.3, 0.4) is 0 Å². The standard InChI is InChI=1S/C10H9NO2S/c1-2-8(12-5-9-6-13-9)3-10-7(1)4-11-14-10/h1-4,9H,5-6H2. The number of benzene rings is 1. The molecule has 1 aromatic heterocycles. The Bertz CT molecular complexity index is 450. The van der Waals surface area contributed by atoms with Crippen molar-refractivity contribution < 1.29 is 9.47 Å². The molecule has 0 amide bonds. The van der Waals surface area contributed by atoms with Crippen LogP contribution >= 0.6 is 11.5 Å². The normalized spacial score (nSPS) is 19.9. The first-order chi connectivity index (χ1) is 6.92. The fourth-order valence-corrected chi connectivity index (χ4v) is 1.96. The van der Waals surface area contributed by atoms with Crippen LogP contribution in [0.1, 0.15) is 0 Å². The minimum atomic E-state index is 0.312. The smallest absolute Gasteiger partial charge is 0.120 e. The van der Waals surface area contributed by atoms with E-state index in [0.717, 1.165) is 12.4 Å². The molecule has 1 aliphatic heterocycles. The van der Waals surface area contributed by atoms with Crippen molar-refractivity contribution in [1.29, 1.82) is 0 Å². The van der Waals surface area contributed by atoms with Gasteiger partial charge in [0.25, 0.3) is 0 Å². The van der Waals surface area contributed by atoms with E-state index in [1.165, 1.54) is 21.6 Å². The van der Waals surface area contributed by atoms with Crippen LogP contribution in [0.4, 0.5) is 0 Å². The summed E-state index contributed by atoms with van der Waals surface area (Å²) in [5.41, 5.74) is 0. The average molecular weight is 207 g/mol. The van der Waals surface area contributed by atoms with Crippen LogP contribution in [0, 0.1) is 0 Å². The van der Waals surface area contributed by atoms with Crippen molar-refractivity contribution in [3.05, 3.63) is 24.4 Å². The summed E-state index contributed by atoms with van der Waals surface area (Å²) in [6.07, 6.45) is 2.18. The predicted molar refractivity (Wildman–Crippen MR) is 54.9 cm³/mol. The molecule has 1 fully saturated rings. The van der Waals surface area contributed by atoms with Gasteiger partial charge in [-0.3, -0.25) is 0 Å². The molecular formula is C10H9NO2S. The third kappa shape index (κ3) is 1.58. The third-order valence-corrected chi connectivity index (χ3v) is 2.93. The molecule has 0 bridgehead atoms. The second-order valence-corrected chi connectivity index (χ2v) is 4.12. The molecule has 1 atom stereocenters. The maximum absolute atomic E-state index is 5.56. The van der Waals surface area contributed by atoms with E-state index >= 15 is 0 Å². The summed E-state index contributed by atoms with van der Waals surface area (Å²) in [6, 6.07) is 6.02. The number of fused-ring (bicyclic) bond motifs is 1. The molecule has 2 aromatic rings. The van der Waals surface area contributed by atoms with E-state index < -0.39 is 0 Å². The number of rotatable bonds is 3. The maximum Gasteiger partial charge on any atom is 0.120 e. The molecule has 3 nitrogen and oxygen atoms in total. The molecule has 4 heteroatoms. The summed E-state index contributed by atoms with van der Waals surface area (Å²) >= 11 is 1.49. The van der Waals surface area contributed by atoms with Gasteiger partial charge in [0, 0.05) is 11.6 Å². The van der Waals surface area contributed by atoms with Gasteiger partial charge in [0.2, 0.25) is 0 Å². The SMILES string of the molecule is c1cc2cnsc2cc1OCC1CO1. The molecular weight excluding hydrogens is 198 g/mol. The second-order valence-electron chi connectivity index (χ2n) is 3.29. The Morgan fingerprint density at radius 1 is 1.57 bits per heavy atom. The van der Waals surface area contributed by atoms with Crippen LogP contribution in [0.5, 0.6) is 5.75 Å². The van der Waals surface area contributed by atoms with E-state index in [0.29, 0.717) is 12.7 Å². The molecule has 1 saturated heterocycles. The summed E-state index contributed by atoms with van der Waals surface area (Å²) in [7, 11) is 0.